The number of fused-ring (bicyclic) bond motifs is 1. The smallest absolute Gasteiger partial charge is 0.410 e. The largest absolute Gasteiger partial charge is 0.465 e. The van der Waals surface area contributed by atoms with Crippen molar-refractivity contribution < 1.29 is 19.1 Å². The number of amides is 1. The van der Waals surface area contributed by atoms with Gasteiger partial charge in [-0.2, -0.15) is 0 Å². The predicted molar refractivity (Wildman–Crippen MR) is 133 cm³/mol. The van der Waals surface area contributed by atoms with Crippen molar-refractivity contribution >= 4 is 23.7 Å². The van der Waals surface area contributed by atoms with E-state index in [0.717, 1.165) is 42.8 Å². The van der Waals surface area contributed by atoms with Gasteiger partial charge < -0.3 is 24.6 Å². The first-order chi connectivity index (χ1) is 16.6. The molecule has 1 N–H and O–H groups in total. The number of likely N-dealkylation sites (tertiary alicyclic amines) is 1. The Bertz CT molecular complexity index is 1090. The van der Waals surface area contributed by atoms with Crippen molar-refractivity contribution in [3.63, 3.8) is 0 Å². The van der Waals surface area contributed by atoms with Crippen LogP contribution in [0.1, 0.15) is 66.7 Å². The summed E-state index contributed by atoms with van der Waals surface area (Å²) >= 11 is 0. The van der Waals surface area contributed by atoms with Crippen LogP contribution in [0, 0.1) is 0 Å². The highest BCUT2D eigenvalue weighted by atomic mass is 16.6. The van der Waals surface area contributed by atoms with Crippen LogP contribution in [0.2, 0.25) is 0 Å². The number of hydrogen-bond donors (Lipinski definition) is 1. The molecule has 0 unspecified atom stereocenters. The van der Waals surface area contributed by atoms with E-state index < -0.39 is 5.60 Å². The maximum Gasteiger partial charge on any atom is 0.410 e. The molecule has 1 aromatic carbocycles. The molecule has 35 heavy (non-hydrogen) atoms. The number of aromatic nitrogens is 2. The molecule has 0 bridgehead atoms. The zero-order valence-electron chi connectivity index (χ0n) is 21.3. The Hall–Kier alpha value is -3.20. The zero-order valence-corrected chi connectivity index (χ0v) is 21.3. The van der Waals surface area contributed by atoms with Crippen LogP contribution in [-0.4, -0.2) is 71.2 Å². The predicted octanol–water partition coefficient (Wildman–Crippen LogP) is 4.11. The fourth-order valence-electron chi connectivity index (χ4n) is 4.57. The van der Waals surface area contributed by atoms with Gasteiger partial charge in [0.2, 0.25) is 5.95 Å². The van der Waals surface area contributed by atoms with E-state index in [1.165, 1.54) is 7.11 Å². The number of carbonyl (C=O) groups is 2. The fourth-order valence-corrected chi connectivity index (χ4v) is 4.57. The highest BCUT2D eigenvalue weighted by Crippen LogP contribution is 2.32. The molecule has 9 nitrogen and oxygen atoms in total. The maximum absolute atomic E-state index is 12.6. The van der Waals surface area contributed by atoms with Gasteiger partial charge in [-0.05, 0) is 89.3 Å². The molecule has 1 saturated heterocycles. The first-order valence-corrected chi connectivity index (χ1v) is 12.1. The SMILES string of the molecule is COC(=O)c1cc(Nc2ncc3c(n2)CN(C(=O)OC(C)(C)C)CC3)ccc1C1CCN(C)CC1. The average molecular weight is 482 g/mol. The number of methoxy groups -OCH3 is 1. The molecule has 0 radical (unpaired) electrons. The van der Waals surface area contributed by atoms with Crippen molar-refractivity contribution in [2.75, 3.05) is 39.1 Å². The number of piperidine rings is 1. The number of carbonyl (C=O) groups excluding carboxylic acids is 2. The summed E-state index contributed by atoms with van der Waals surface area (Å²) < 4.78 is 10.6. The molecule has 0 saturated carbocycles. The molecule has 0 aliphatic carbocycles. The molecule has 0 spiro atoms. The molecule has 2 aliphatic heterocycles. The summed E-state index contributed by atoms with van der Waals surface area (Å²) in [5, 5.41) is 3.22. The van der Waals surface area contributed by atoms with Crippen LogP contribution in [0.4, 0.5) is 16.4 Å². The lowest BCUT2D eigenvalue weighted by atomic mass is 9.86. The first kappa shape index (κ1) is 24.9. The number of rotatable bonds is 4. The van der Waals surface area contributed by atoms with Crippen molar-refractivity contribution in [3.05, 3.63) is 46.8 Å². The Morgan fingerprint density at radius 1 is 1.14 bits per heavy atom. The zero-order chi connectivity index (χ0) is 25.2. The van der Waals surface area contributed by atoms with Gasteiger partial charge in [-0.15, -0.1) is 0 Å². The van der Waals surface area contributed by atoms with Crippen LogP contribution >= 0.6 is 0 Å². The summed E-state index contributed by atoms with van der Waals surface area (Å²) in [6.45, 7) is 8.51. The summed E-state index contributed by atoms with van der Waals surface area (Å²) in [6.07, 6.45) is 4.14. The summed E-state index contributed by atoms with van der Waals surface area (Å²) in [6, 6.07) is 5.78. The van der Waals surface area contributed by atoms with E-state index in [4.69, 9.17) is 9.47 Å². The molecule has 9 heteroatoms. The van der Waals surface area contributed by atoms with Crippen LogP contribution in [0.25, 0.3) is 0 Å². The molecule has 1 amide bonds. The number of ether oxygens (including phenoxy) is 2. The van der Waals surface area contributed by atoms with E-state index in [1.807, 2.05) is 39.0 Å². The number of nitrogens with zero attached hydrogens (tertiary/aromatic N) is 4. The van der Waals surface area contributed by atoms with Crippen LogP contribution in [0.5, 0.6) is 0 Å². The van der Waals surface area contributed by atoms with Gasteiger partial charge in [-0.3, -0.25) is 0 Å². The molecule has 3 heterocycles. The molecule has 4 rings (SSSR count). The van der Waals surface area contributed by atoms with Crippen molar-refractivity contribution in [2.24, 2.45) is 0 Å². The second kappa shape index (κ2) is 10.2. The summed E-state index contributed by atoms with van der Waals surface area (Å²) in [7, 11) is 3.53. The highest BCUT2D eigenvalue weighted by molar-refractivity contribution is 5.92. The van der Waals surface area contributed by atoms with Gasteiger partial charge in [-0.1, -0.05) is 6.07 Å². The number of hydrogen-bond acceptors (Lipinski definition) is 8. The summed E-state index contributed by atoms with van der Waals surface area (Å²) in [4.78, 5) is 38.2. The van der Waals surface area contributed by atoms with Gasteiger partial charge in [-0.25, -0.2) is 19.6 Å². The number of benzene rings is 1. The van der Waals surface area contributed by atoms with Crippen molar-refractivity contribution in [3.8, 4) is 0 Å². The minimum Gasteiger partial charge on any atom is -0.465 e. The van der Waals surface area contributed by atoms with Crippen molar-refractivity contribution in [2.45, 2.75) is 58.1 Å². The van der Waals surface area contributed by atoms with E-state index in [-0.39, 0.29) is 12.1 Å². The van der Waals surface area contributed by atoms with E-state index in [2.05, 4.69) is 27.2 Å². The fraction of sp³-hybridized carbons (Fsp3) is 0.538. The van der Waals surface area contributed by atoms with Gasteiger partial charge in [0.05, 0.1) is 24.9 Å². The van der Waals surface area contributed by atoms with E-state index >= 15 is 0 Å². The second-order valence-corrected chi connectivity index (χ2v) is 10.3. The third-order valence-corrected chi connectivity index (χ3v) is 6.47. The lowest BCUT2D eigenvalue weighted by Crippen LogP contribution is -2.40. The Morgan fingerprint density at radius 2 is 1.89 bits per heavy atom. The summed E-state index contributed by atoms with van der Waals surface area (Å²) in [5.41, 5.74) is 3.56. The molecule has 1 aromatic heterocycles. The van der Waals surface area contributed by atoms with Crippen molar-refractivity contribution in [1.82, 2.24) is 19.8 Å². The first-order valence-electron chi connectivity index (χ1n) is 12.1. The van der Waals surface area contributed by atoms with Gasteiger partial charge >= 0.3 is 12.1 Å². The lowest BCUT2D eigenvalue weighted by molar-refractivity contribution is 0.0220. The van der Waals surface area contributed by atoms with E-state index in [0.29, 0.717) is 42.6 Å². The Morgan fingerprint density at radius 3 is 2.57 bits per heavy atom. The number of esters is 1. The quantitative estimate of drug-likeness (QED) is 0.652. The van der Waals surface area contributed by atoms with E-state index in [1.54, 1.807) is 11.1 Å². The lowest BCUT2D eigenvalue weighted by Gasteiger charge is -2.30. The second-order valence-electron chi connectivity index (χ2n) is 10.3. The minimum absolute atomic E-state index is 0.327. The normalized spacial score (nSPS) is 17.0. The maximum atomic E-state index is 12.6. The van der Waals surface area contributed by atoms with Gasteiger partial charge in [0, 0.05) is 18.4 Å². The molecular weight excluding hydrogens is 446 g/mol. The molecule has 188 valence electrons. The number of anilines is 2. The monoisotopic (exact) mass is 481 g/mol. The molecule has 1 fully saturated rings. The van der Waals surface area contributed by atoms with Gasteiger partial charge in [0.15, 0.2) is 0 Å². The van der Waals surface area contributed by atoms with Crippen LogP contribution in [0.3, 0.4) is 0 Å². The Labute approximate surface area is 206 Å². The van der Waals surface area contributed by atoms with Crippen molar-refractivity contribution in [1.29, 1.82) is 0 Å². The minimum atomic E-state index is -0.549. The molecular formula is C26H35N5O4. The Kier molecular flexibility index (Phi) is 7.25. The topological polar surface area (TPSA) is 96.9 Å². The van der Waals surface area contributed by atoms with Gasteiger partial charge in [0.25, 0.3) is 0 Å². The van der Waals surface area contributed by atoms with Crippen LogP contribution in [0.15, 0.2) is 24.4 Å². The molecule has 2 aromatic rings. The van der Waals surface area contributed by atoms with Gasteiger partial charge in [0.1, 0.15) is 5.60 Å². The standard InChI is InChI=1S/C26H35N5O4/c1-26(2,3)35-25(33)31-13-10-18-15-27-24(29-22(18)16-31)28-19-6-7-20(21(14-19)23(32)34-5)17-8-11-30(4)12-9-17/h6-7,14-15,17H,8-13,16H2,1-5H3,(H,27,28,29). The molecule has 0 atom stereocenters. The Balaban J connectivity index is 1.52. The third kappa shape index (κ3) is 6.08. The third-order valence-electron chi connectivity index (χ3n) is 6.47. The summed E-state index contributed by atoms with van der Waals surface area (Å²) in [5.74, 6) is 0.396. The average Bonchev–Trinajstić information content (AvgIpc) is 2.82. The highest BCUT2D eigenvalue weighted by Gasteiger charge is 2.27. The van der Waals surface area contributed by atoms with E-state index in [9.17, 15) is 9.59 Å². The number of nitrogens with one attached hydrogen (secondary N) is 1. The van der Waals surface area contributed by atoms with Crippen LogP contribution < -0.4 is 5.32 Å². The molecule has 2 aliphatic rings. The van der Waals surface area contributed by atoms with Crippen LogP contribution in [-0.2, 0) is 22.4 Å².